The van der Waals surface area contributed by atoms with Crippen LogP contribution in [0.4, 0.5) is 0 Å². The summed E-state index contributed by atoms with van der Waals surface area (Å²) in [6.45, 7) is 0. The number of fused-ring (bicyclic) bond motifs is 1. The van der Waals surface area contributed by atoms with Crippen molar-refractivity contribution in [1.82, 2.24) is 0 Å². The quantitative estimate of drug-likeness (QED) is 0.633. The maximum atomic E-state index is 9.51. The Morgan fingerprint density at radius 1 is 1.54 bits per heavy atom. The minimum Gasteiger partial charge on any atom is -0.392 e. The molecule has 5 atom stereocenters. The molecule has 1 aliphatic heterocycles. The maximum absolute atomic E-state index is 9.51. The van der Waals surface area contributed by atoms with Crippen LogP contribution in [0.1, 0.15) is 12.8 Å². The molecule has 1 N–H and O–H groups in total. The average Bonchev–Trinajstić information content (AvgIpc) is 2.60. The largest absolute Gasteiger partial charge is 0.392 e. The fraction of sp³-hybridized carbons (Fsp3) is 0.889. The first kappa shape index (κ1) is 8.95. The molecule has 1 aliphatic carbocycles. The molecule has 4 heteroatoms. The van der Waals surface area contributed by atoms with Crippen LogP contribution in [-0.2, 0) is 9.47 Å². The van der Waals surface area contributed by atoms with Crippen molar-refractivity contribution in [1.29, 1.82) is 5.26 Å². The molecule has 1 heterocycles. The summed E-state index contributed by atoms with van der Waals surface area (Å²) in [5.74, 6) is -0.116. The van der Waals surface area contributed by atoms with Gasteiger partial charge in [-0.25, -0.2) is 0 Å². The van der Waals surface area contributed by atoms with Gasteiger partial charge in [0.05, 0.1) is 24.2 Å². The highest BCUT2D eigenvalue weighted by Gasteiger charge is 2.49. The normalized spacial score (nSPS) is 48.8. The van der Waals surface area contributed by atoms with E-state index in [2.05, 4.69) is 6.07 Å². The van der Waals surface area contributed by atoms with Crippen LogP contribution in [-0.4, -0.2) is 30.7 Å². The lowest BCUT2D eigenvalue weighted by Crippen LogP contribution is -2.19. The third kappa shape index (κ3) is 1.33. The Balaban J connectivity index is 2.07. The van der Waals surface area contributed by atoms with Crippen LogP contribution < -0.4 is 0 Å². The van der Waals surface area contributed by atoms with Crippen molar-refractivity contribution in [2.24, 2.45) is 11.8 Å². The Morgan fingerprint density at radius 2 is 2.31 bits per heavy atom. The monoisotopic (exact) mass is 183 g/mol. The second-order valence-electron chi connectivity index (χ2n) is 3.70. The molecule has 0 aromatic rings. The van der Waals surface area contributed by atoms with Gasteiger partial charge in [0.2, 0.25) is 0 Å². The molecule has 13 heavy (non-hydrogen) atoms. The van der Waals surface area contributed by atoms with Gasteiger partial charge in [0.25, 0.3) is 0 Å². The summed E-state index contributed by atoms with van der Waals surface area (Å²) in [4.78, 5) is 0. The predicted octanol–water partition coefficient (Wildman–Crippen LogP) is 0.268. The van der Waals surface area contributed by atoms with Crippen LogP contribution in [0.5, 0.6) is 0 Å². The van der Waals surface area contributed by atoms with Crippen LogP contribution >= 0.6 is 0 Å². The molecular formula is C9H13NO3. The molecule has 0 radical (unpaired) electrons. The molecule has 4 nitrogen and oxygen atoms in total. The van der Waals surface area contributed by atoms with Crippen molar-refractivity contribution in [3.05, 3.63) is 0 Å². The number of methoxy groups -OCH3 is 1. The first-order chi connectivity index (χ1) is 6.26. The summed E-state index contributed by atoms with van der Waals surface area (Å²) in [5.41, 5.74) is 0. The van der Waals surface area contributed by atoms with E-state index < -0.39 is 6.10 Å². The highest BCUT2D eigenvalue weighted by Crippen LogP contribution is 2.42. The molecule has 0 amide bonds. The minimum absolute atomic E-state index is 0.0181. The zero-order valence-electron chi connectivity index (χ0n) is 7.51. The van der Waals surface area contributed by atoms with E-state index in [9.17, 15) is 5.11 Å². The highest BCUT2D eigenvalue weighted by molar-refractivity contribution is 5.04. The van der Waals surface area contributed by atoms with Crippen LogP contribution in [0.25, 0.3) is 0 Å². The predicted molar refractivity (Wildman–Crippen MR) is 43.5 cm³/mol. The van der Waals surface area contributed by atoms with Crippen LogP contribution in [0.2, 0.25) is 0 Å². The molecule has 72 valence electrons. The Kier molecular flexibility index (Phi) is 2.24. The van der Waals surface area contributed by atoms with Crippen LogP contribution in [0.3, 0.4) is 0 Å². The van der Waals surface area contributed by atoms with E-state index in [1.165, 1.54) is 0 Å². The second kappa shape index (κ2) is 3.26. The van der Waals surface area contributed by atoms with E-state index >= 15 is 0 Å². The molecule has 0 unspecified atom stereocenters. The topological polar surface area (TPSA) is 62.5 Å². The Bertz CT molecular complexity index is 238. The number of hydrogen-bond acceptors (Lipinski definition) is 4. The first-order valence-corrected chi connectivity index (χ1v) is 4.52. The number of hydrogen-bond donors (Lipinski definition) is 1. The molecule has 2 fully saturated rings. The molecule has 1 saturated carbocycles. The van der Waals surface area contributed by atoms with Gasteiger partial charge in [-0.05, 0) is 0 Å². The fourth-order valence-electron chi connectivity index (χ4n) is 2.34. The third-order valence-corrected chi connectivity index (χ3v) is 3.03. The van der Waals surface area contributed by atoms with Gasteiger partial charge in [0, 0.05) is 25.9 Å². The molecule has 2 rings (SSSR count). The number of aliphatic hydroxyl groups is 1. The maximum Gasteiger partial charge on any atom is 0.157 e. The van der Waals surface area contributed by atoms with Gasteiger partial charge in [0.1, 0.15) is 0 Å². The molecule has 1 saturated heterocycles. The zero-order chi connectivity index (χ0) is 9.42. The molecule has 0 bridgehead atoms. The van der Waals surface area contributed by atoms with Crippen molar-refractivity contribution in [2.45, 2.75) is 31.3 Å². The molecule has 0 aromatic carbocycles. The molecule has 0 spiro atoms. The van der Waals surface area contributed by atoms with Crippen LogP contribution in [0, 0.1) is 23.2 Å². The van der Waals surface area contributed by atoms with Gasteiger partial charge in [-0.15, -0.1) is 0 Å². The lowest BCUT2D eigenvalue weighted by Gasteiger charge is -2.12. The van der Waals surface area contributed by atoms with Crippen molar-refractivity contribution in [3.63, 3.8) is 0 Å². The summed E-state index contributed by atoms with van der Waals surface area (Å²) in [6, 6.07) is 2.14. The number of nitriles is 1. The molecule has 2 aliphatic rings. The number of rotatable bonds is 1. The van der Waals surface area contributed by atoms with E-state index in [4.69, 9.17) is 14.7 Å². The highest BCUT2D eigenvalue weighted by atomic mass is 16.7. The third-order valence-electron chi connectivity index (χ3n) is 3.03. The van der Waals surface area contributed by atoms with E-state index in [1.807, 2.05) is 0 Å². The van der Waals surface area contributed by atoms with Gasteiger partial charge in [-0.2, -0.15) is 5.26 Å². The van der Waals surface area contributed by atoms with Crippen molar-refractivity contribution in [2.75, 3.05) is 7.11 Å². The lowest BCUT2D eigenvalue weighted by molar-refractivity contribution is -0.118. The summed E-state index contributed by atoms with van der Waals surface area (Å²) in [6.07, 6.45) is 0.625. The summed E-state index contributed by atoms with van der Waals surface area (Å²) in [7, 11) is 1.60. The van der Waals surface area contributed by atoms with Crippen molar-refractivity contribution >= 4 is 0 Å². The number of aliphatic hydroxyl groups excluding tert-OH is 1. The number of nitrogens with zero attached hydrogens (tertiary/aromatic N) is 1. The van der Waals surface area contributed by atoms with Crippen molar-refractivity contribution in [3.8, 4) is 6.07 Å². The Hall–Kier alpha value is -0.630. The fourth-order valence-corrected chi connectivity index (χ4v) is 2.34. The van der Waals surface area contributed by atoms with E-state index in [0.717, 1.165) is 6.42 Å². The summed E-state index contributed by atoms with van der Waals surface area (Å²) < 4.78 is 10.6. The second-order valence-corrected chi connectivity index (χ2v) is 3.70. The average molecular weight is 183 g/mol. The molecule has 0 aromatic heterocycles. The lowest BCUT2D eigenvalue weighted by atomic mass is 9.93. The van der Waals surface area contributed by atoms with Gasteiger partial charge in [-0.3, -0.25) is 0 Å². The van der Waals surface area contributed by atoms with Crippen LogP contribution in [0.15, 0.2) is 0 Å². The van der Waals surface area contributed by atoms with E-state index in [1.54, 1.807) is 7.11 Å². The smallest absolute Gasteiger partial charge is 0.157 e. The summed E-state index contributed by atoms with van der Waals surface area (Å²) >= 11 is 0. The Morgan fingerprint density at radius 3 is 2.92 bits per heavy atom. The first-order valence-electron chi connectivity index (χ1n) is 4.52. The zero-order valence-corrected chi connectivity index (χ0v) is 7.51. The van der Waals surface area contributed by atoms with Crippen molar-refractivity contribution < 1.29 is 14.6 Å². The standard InChI is InChI=1S/C9H13NO3/c1-12-9-2-5-6(4-10)7(11)3-8(5)13-9/h5-9,11H,2-3H2,1H3/t5-,6-,7-,8+,9-/m0/s1. The van der Waals surface area contributed by atoms with Gasteiger partial charge < -0.3 is 14.6 Å². The van der Waals surface area contributed by atoms with E-state index in [-0.39, 0.29) is 24.2 Å². The van der Waals surface area contributed by atoms with Gasteiger partial charge in [-0.1, -0.05) is 0 Å². The van der Waals surface area contributed by atoms with Gasteiger partial charge >= 0.3 is 0 Å². The summed E-state index contributed by atoms with van der Waals surface area (Å²) in [5, 5.41) is 18.3. The Labute approximate surface area is 77.1 Å². The SMILES string of the molecule is CO[C@@H]1C[C@H]2[C@H](C#N)[C@@H](O)C[C@H]2O1. The van der Waals surface area contributed by atoms with Gasteiger partial charge in [0.15, 0.2) is 6.29 Å². The van der Waals surface area contributed by atoms with E-state index in [0.29, 0.717) is 6.42 Å². The minimum atomic E-state index is -0.516. The number of ether oxygens (including phenoxy) is 2. The molecular weight excluding hydrogens is 170 g/mol.